The number of sulfone groups is 3. The van der Waals surface area contributed by atoms with E-state index in [0.717, 1.165) is 0 Å². The molecular weight excluding hydrogens is 1320 g/mol. The number of amides is 7. The van der Waals surface area contributed by atoms with Gasteiger partial charge >= 0.3 is 6.03 Å². The standard InChI is InChI=1S/C21H25N3O7S.C21H26N2O8S.C20H29N3O8S/c25-19(16-3-1-10-22-15-16)23-11-2-12-31-17-4-6-18(7-5-17)32(28,29)21(20(26)24-27)8-13-30-14-9-21;24-19(15-17-3-1-11-31-17)22-10-2-12-30-16-4-6-18(7-5-16)32(27,28)21(20(25)23-26)8-13-29-14-9-21;24-18(22-26)20(6-12-29-13-7-20)32(27,28)17-4-2-16(3-5-17)31-11-1-8-21-19(25)23-9-14-30-15-10-23/h1,3-7,10,15,27H,2,8-9,11-14H2,(H,23,25)(H,24,26);1,3-7,11,26H,2,8-10,12-15H2,(H,22,24)(H,23,25);2-5,26H,1,6-15H2,(H,21,25)(H,22,24). The topological polar surface area (TPSA) is 432 Å². The average molecular weight is 1400 g/mol. The predicted octanol–water partition coefficient (Wildman–Crippen LogP) is 2.67. The Morgan fingerprint density at radius 1 is 0.479 bits per heavy atom. The molecule has 4 aliphatic rings. The molecule has 5 aromatic rings. The second-order valence-electron chi connectivity index (χ2n) is 22.1. The number of nitrogens with one attached hydrogen (secondary N) is 6. The zero-order chi connectivity index (χ0) is 69.1. The summed E-state index contributed by atoms with van der Waals surface area (Å²) in [6.45, 7) is 5.11. The van der Waals surface area contributed by atoms with Gasteiger partial charge in [-0.1, -0.05) is 0 Å². The Labute approximate surface area is 554 Å². The number of hydrogen-bond donors (Lipinski definition) is 9. The Hall–Kier alpha value is -8.32. The number of pyridine rings is 1. The lowest BCUT2D eigenvalue weighted by atomic mass is 9.98. The quantitative estimate of drug-likeness (QED) is 0.0207. The number of aromatic nitrogens is 1. The molecule has 31 nitrogen and oxygen atoms in total. The second-order valence-corrected chi connectivity index (χ2v) is 28.9. The summed E-state index contributed by atoms with van der Waals surface area (Å²) in [5.74, 6) is -1.28. The van der Waals surface area contributed by atoms with E-state index < -0.39 is 61.5 Å². The van der Waals surface area contributed by atoms with Crippen LogP contribution in [0.15, 0.2) is 135 Å². The van der Waals surface area contributed by atoms with Crippen molar-refractivity contribution in [3.05, 3.63) is 127 Å². The fraction of sp³-hybridized carbons (Fsp3) is 0.468. The number of furan rings is 1. The maximum absolute atomic E-state index is 13.2. The van der Waals surface area contributed by atoms with Crippen molar-refractivity contribution in [2.75, 3.05) is 105 Å². The molecule has 0 aliphatic carbocycles. The number of urea groups is 1. The molecule has 9 N–H and O–H groups in total. The van der Waals surface area contributed by atoms with E-state index in [9.17, 15) is 54.0 Å². The van der Waals surface area contributed by atoms with Crippen LogP contribution in [0.3, 0.4) is 0 Å². The van der Waals surface area contributed by atoms with Crippen LogP contribution in [-0.2, 0) is 74.1 Å². The predicted molar refractivity (Wildman–Crippen MR) is 337 cm³/mol. The first kappa shape index (κ1) is 75.1. The molecule has 9 rings (SSSR count). The van der Waals surface area contributed by atoms with E-state index in [1.54, 1.807) is 35.4 Å². The van der Waals surface area contributed by atoms with Crippen LogP contribution in [0.5, 0.6) is 17.2 Å². The lowest BCUT2D eigenvalue weighted by Gasteiger charge is -2.34. The van der Waals surface area contributed by atoms with Crippen molar-refractivity contribution in [1.29, 1.82) is 0 Å². The second kappa shape index (κ2) is 36.1. The van der Waals surface area contributed by atoms with Crippen LogP contribution in [-0.4, -0.2) is 206 Å². The minimum absolute atomic E-state index is 0.0341. The summed E-state index contributed by atoms with van der Waals surface area (Å²) < 4.78 is 117. The normalized spacial score (nSPS) is 16.6. The lowest BCUT2D eigenvalue weighted by molar-refractivity contribution is -0.135. The van der Waals surface area contributed by atoms with Gasteiger partial charge < -0.3 is 58.4 Å². The average Bonchev–Trinajstić information content (AvgIpc) is 0.773. The number of hydrogen-bond acceptors (Lipinski definition) is 24. The van der Waals surface area contributed by atoms with Crippen molar-refractivity contribution in [3.63, 3.8) is 0 Å². The maximum atomic E-state index is 13.2. The van der Waals surface area contributed by atoms with E-state index in [1.165, 1.54) is 102 Å². The molecule has 2 aromatic heterocycles. The van der Waals surface area contributed by atoms with Gasteiger partial charge in [-0.15, -0.1) is 0 Å². The summed E-state index contributed by atoms with van der Waals surface area (Å²) in [7, 11) is -12.2. The molecule has 524 valence electrons. The first-order chi connectivity index (χ1) is 46.2. The highest BCUT2D eigenvalue weighted by Crippen LogP contribution is 2.39. The molecule has 0 saturated carbocycles. The highest BCUT2D eigenvalue weighted by Gasteiger charge is 2.54. The summed E-state index contributed by atoms with van der Waals surface area (Å²) in [5, 5.41) is 35.6. The Morgan fingerprint density at radius 2 is 0.854 bits per heavy atom. The van der Waals surface area contributed by atoms with E-state index in [4.69, 9.17) is 53.2 Å². The molecule has 4 fully saturated rings. The molecule has 0 bridgehead atoms. The fourth-order valence-electron chi connectivity index (χ4n) is 10.6. The zero-order valence-electron chi connectivity index (χ0n) is 52.5. The van der Waals surface area contributed by atoms with Gasteiger partial charge in [-0.3, -0.25) is 44.6 Å². The maximum Gasteiger partial charge on any atom is 0.317 e. The van der Waals surface area contributed by atoms with Crippen LogP contribution < -0.4 is 46.6 Å². The Bertz CT molecular complexity index is 3660. The van der Waals surface area contributed by atoms with Crippen molar-refractivity contribution in [1.82, 2.24) is 42.3 Å². The summed E-state index contributed by atoms with van der Waals surface area (Å²) >= 11 is 0. The van der Waals surface area contributed by atoms with E-state index in [2.05, 4.69) is 20.9 Å². The van der Waals surface area contributed by atoms with E-state index in [1.807, 2.05) is 0 Å². The Morgan fingerprint density at radius 3 is 1.21 bits per heavy atom. The van der Waals surface area contributed by atoms with Crippen molar-refractivity contribution < 1.29 is 107 Å². The molecule has 0 atom stereocenters. The summed E-state index contributed by atoms with van der Waals surface area (Å²) in [5.41, 5.74) is 4.95. The summed E-state index contributed by atoms with van der Waals surface area (Å²) in [6.07, 6.45) is 6.15. The number of morpholine rings is 1. The van der Waals surface area contributed by atoms with Gasteiger partial charge in [-0.2, -0.15) is 0 Å². The number of hydroxylamine groups is 3. The van der Waals surface area contributed by atoms with Crippen molar-refractivity contribution >= 4 is 65.1 Å². The van der Waals surface area contributed by atoms with E-state index >= 15 is 0 Å². The van der Waals surface area contributed by atoms with Gasteiger partial charge in [0.15, 0.2) is 43.8 Å². The molecule has 6 heterocycles. The van der Waals surface area contributed by atoms with E-state index in [-0.39, 0.29) is 117 Å². The largest absolute Gasteiger partial charge is 0.494 e. The molecule has 3 aromatic carbocycles. The van der Waals surface area contributed by atoms with Crippen LogP contribution in [0.25, 0.3) is 0 Å². The van der Waals surface area contributed by atoms with Gasteiger partial charge in [0.1, 0.15) is 23.0 Å². The third kappa shape index (κ3) is 19.0. The van der Waals surface area contributed by atoms with Crippen molar-refractivity contribution in [2.24, 2.45) is 0 Å². The summed E-state index contributed by atoms with van der Waals surface area (Å²) in [6, 6.07) is 24.0. The van der Waals surface area contributed by atoms with Gasteiger partial charge in [-0.05, 0) is 155 Å². The smallest absolute Gasteiger partial charge is 0.317 e. The van der Waals surface area contributed by atoms with Crippen LogP contribution >= 0.6 is 0 Å². The minimum atomic E-state index is -4.08. The number of carbonyl (C=O) groups excluding carboxylic acids is 6. The van der Waals surface area contributed by atoms with Crippen molar-refractivity contribution in [2.45, 2.75) is 93.1 Å². The first-order valence-corrected chi connectivity index (χ1v) is 35.2. The van der Waals surface area contributed by atoms with Crippen LogP contribution in [0.4, 0.5) is 4.79 Å². The highest BCUT2D eigenvalue weighted by atomic mass is 32.2. The molecule has 34 heteroatoms. The van der Waals surface area contributed by atoms with Gasteiger partial charge in [0.2, 0.25) is 5.91 Å². The zero-order valence-corrected chi connectivity index (χ0v) is 54.9. The van der Waals surface area contributed by atoms with Crippen LogP contribution in [0.2, 0.25) is 0 Å². The third-order valence-corrected chi connectivity index (χ3v) is 23.7. The van der Waals surface area contributed by atoms with Gasteiger partial charge in [0, 0.05) is 84.8 Å². The molecule has 4 saturated heterocycles. The lowest BCUT2D eigenvalue weighted by Crippen LogP contribution is -2.54. The molecule has 0 unspecified atom stereocenters. The monoisotopic (exact) mass is 1400 g/mol. The SMILES string of the molecule is O=C(Cc1ccco1)NCCCOc1ccc(S(=O)(=O)C2(C(=O)NO)CCOCC2)cc1.O=C(NCCCOc1ccc(S(=O)(=O)C2(C(=O)NO)CCOCC2)cc1)N1CCOCC1.O=C(NCCCOc1ccc(S(=O)(=O)C2(C(=O)NO)CCOCC2)cc1)c1cccnc1. The van der Waals surface area contributed by atoms with Crippen LogP contribution in [0.1, 0.15) is 73.9 Å². The number of ether oxygens (including phenoxy) is 7. The van der Waals surface area contributed by atoms with Gasteiger partial charge in [-0.25, -0.2) is 46.5 Å². The molecular formula is C62H80N8O23S3. The third-order valence-electron chi connectivity index (χ3n) is 16.2. The molecule has 0 spiro atoms. The Balaban J connectivity index is 0.000000203. The highest BCUT2D eigenvalue weighted by molar-refractivity contribution is 7.94. The first-order valence-electron chi connectivity index (χ1n) is 30.8. The number of nitrogens with zero attached hydrogens (tertiary/aromatic N) is 2. The molecule has 0 radical (unpaired) electrons. The Kier molecular flexibility index (Phi) is 28.3. The fourth-order valence-corrected chi connectivity index (χ4v) is 16.4. The van der Waals surface area contributed by atoms with Crippen molar-refractivity contribution in [3.8, 4) is 17.2 Å². The number of benzene rings is 3. The molecule has 96 heavy (non-hydrogen) atoms. The van der Waals surface area contributed by atoms with Gasteiger partial charge in [0.05, 0.1) is 66.0 Å². The molecule has 7 amide bonds. The number of rotatable bonds is 27. The van der Waals surface area contributed by atoms with Crippen LogP contribution in [0, 0.1) is 0 Å². The summed E-state index contributed by atoms with van der Waals surface area (Å²) in [4.78, 5) is 78.0. The number of carbonyl (C=O) groups is 6. The molecule has 4 aliphatic heterocycles. The van der Waals surface area contributed by atoms with Gasteiger partial charge in [0.25, 0.3) is 23.6 Å². The van der Waals surface area contributed by atoms with E-state index in [0.29, 0.717) is 114 Å². The minimum Gasteiger partial charge on any atom is -0.494 e.